The fraction of sp³-hybridized carbons (Fsp3) is 0.308. The van der Waals surface area contributed by atoms with Crippen LogP contribution in [0.1, 0.15) is 30.1 Å². The van der Waals surface area contributed by atoms with E-state index in [1.807, 2.05) is 13.0 Å². The summed E-state index contributed by atoms with van der Waals surface area (Å²) < 4.78 is 5.42. The zero-order valence-corrected chi connectivity index (χ0v) is 12.1. The summed E-state index contributed by atoms with van der Waals surface area (Å²) in [6, 6.07) is 3.58. The van der Waals surface area contributed by atoms with Crippen LogP contribution in [0.4, 0.5) is 0 Å². The van der Waals surface area contributed by atoms with E-state index < -0.39 is 17.4 Å². The molecule has 0 fully saturated rings. The van der Waals surface area contributed by atoms with Crippen LogP contribution in [-0.4, -0.2) is 27.5 Å². The highest BCUT2D eigenvalue weighted by Gasteiger charge is 2.30. The minimum atomic E-state index is -1.35. The molecule has 0 aliphatic heterocycles. The molecular weight excluding hydrogens is 280 g/mol. The van der Waals surface area contributed by atoms with Gasteiger partial charge in [0.1, 0.15) is 17.0 Å². The van der Waals surface area contributed by atoms with E-state index in [0.717, 1.165) is 5.76 Å². The molecule has 20 heavy (non-hydrogen) atoms. The molecule has 0 spiro atoms. The number of rotatable bonds is 4. The molecule has 0 radical (unpaired) electrons. The minimum Gasteiger partial charge on any atom is -0.480 e. The maximum atomic E-state index is 12.0. The van der Waals surface area contributed by atoms with E-state index in [2.05, 4.69) is 10.3 Å². The van der Waals surface area contributed by atoms with Gasteiger partial charge in [0.25, 0.3) is 5.91 Å². The van der Waals surface area contributed by atoms with E-state index in [1.165, 1.54) is 25.2 Å². The molecule has 2 aromatic rings. The molecule has 1 amide bonds. The topological polar surface area (TPSA) is 92.4 Å². The summed E-state index contributed by atoms with van der Waals surface area (Å²) in [5, 5.41) is 13.5. The second-order valence-electron chi connectivity index (χ2n) is 4.83. The highest BCUT2D eigenvalue weighted by molar-refractivity contribution is 7.13. The van der Waals surface area contributed by atoms with Gasteiger partial charge in [0.2, 0.25) is 0 Å². The van der Waals surface area contributed by atoms with Crippen molar-refractivity contribution in [2.24, 2.45) is 0 Å². The first kappa shape index (κ1) is 14.3. The zero-order chi connectivity index (χ0) is 14.9. The van der Waals surface area contributed by atoms with Crippen LogP contribution in [0.25, 0.3) is 10.8 Å². The summed E-state index contributed by atoms with van der Waals surface area (Å²) in [7, 11) is 0. The maximum absolute atomic E-state index is 12.0. The fourth-order valence-electron chi connectivity index (χ4n) is 1.44. The van der Waals surface area contributed by atoms with Crippen molar-refractivity contribution in [3.8, 4) is 10.8 Å². The average Bonchev–Trinajstić information content (AvgIpc) is 2.96. The van der Waals surface area contributed by atoms with Gasteiger partial charge in [-0.3, -0.25) is 4.79 Å². The lowest BCUT2D eigenvalue weighted by Crippen LogP contribution is -2.49. The van der Waals surface area contributed by atoms with Crippen molar-refractivity contribution in [2.75, 3.05) is 0 Å². The molecule has 0 aliphatic rings. The third-order valence-electron chi connectivity index (χ3n) is 2.65. The van der Waals surface area contributed by atoms with E-state index in [4.69, 9.17) is 9.52 Å². The number of nitrogens with one attached hydrogen (secondary N) is 1. The van der Waals surface area contributed by atoms with Crippen molar-refractivity contribution >= 4 is 23.2 Å². The van der Waals surface area contributed by atoms with Crippen LogP contribution in [0.5, 0.6) is 0 Å². The predicted octanol–water partition coefficient (Wildman–Crippen LogP) is 2.30. The van der Waals surface area contributed by atoms with Gasteiger partial charge in [0.15, 0.2) is 10.8 Å². The lowest BCUT2D eigenvalue weighted by atomic mass is 10.1. The molecule has 0 aliphatic carbocycles. The Kier molecular flexibility index (Phi) is 3.63. The molecule has 2 heterocycles. The molecule has 0 saturated carbocycles. The van der Waals surface area contributed by atoms with Crippen LogP contribution in [0, 0.1) is 6.92 Å². The fourth-order valence-corrected chi connectivity index (χ4v) is 2.20. The van der Waals surface area contributed by atoms with E-state index in [-0.39, 0.29) is 5.69 Å². The summed E-state index contributed by atoms with van der Waals surface area (Å²) >= 11 is 1.27. The summed E-state index contributed by atoms with van der Waals surface area (Å²) in [4.78, 5) is 27.1. The molecule has 2 rings (SSSR count). The van der Waals surface area contributed by atoms with Crippen molar-refractivity contribution < 1.29 is 19.1 Å². The van der Waals surface area contributed by atoms with E-state index in [0.29, 0.717) is 10.8 Å². The lowest BCUT2D eigenvalue weighted by molar-refractivity contribution is -0.143. The largest absolute Gasteiger partial charge is 0.480 e. The lowest BCUT2D eigenvalue weighted by Gasteiger charge is -2.20. The molecule has 2 aromatic heterocycles. The smallest absolute Gasteiger partial charge is 0.328 e. The molecule has 106 valence electrons. The van der Waals surface area contributed by atoms with E-state index >= 15 is 0 Å². The maximum Gasteiger partial charge on any atom is 0.328 e. The van der Waals surface area contributed by atoms with Gasteiger partial charge in [-0.15, -0.1) is 11.3 Å². The Labute approximate surface area is 119 Å². The molecule has 7 heteroatoms. The molecule has 2 N–H and O–H groups in total. The van der Waals surface area contributed by atoms with Crippen molar-refractivity contribution in [2.45, 2.75) is 26.3 Å². The standard InChI is InChI=1S/C13H14N2O4S/c1-7-4-5-9(19-7)11-14-8(6-20-11)10(16)15-13(2,3)12(17)18/h4-6H,1-3H3,(H,15,16)(H,17,18). The minimum absolute atomic E-state index is 0.174. The number of carbonyl (C=O) groups excluding carboxylic acids is 1. The number of carboxylic acid groups (broad SMARTS) is 1. The number of carbonyl (C=O) groups is 2. The molecule has 0 saturated heterocycles. The number of thiazole rings is 1. The average molecular weight is 294 g/mol. The number of furan rings is 1. The number of aromatic nitrogens is 1. The monoisotopic (exact) mass is 294 g/mol. The molecule has 0 bridgehead atoms. The third kappa shape index (κ3) is 2.88. The summed E-state index contributed by atoms with van der Waals surface area (Å²) in [5.41, 5.74) is -1.17. The van der Waals surface area contributed by atoms with Crippen molar-refractivity contribution in [1.29, 1.82) is 0 Å². The number of nitrogens with zero attached hydrogens (tertiary/aromatic N) is 1. The van der Waals surface area contributed by atoms with Crippen LogP contribution in [-0.2, 0) is 4.79 Å². The number of hydrogen-bond acceptors (Lipinski definition) is 5. The van der Waals surface area contributed by atoms with E-state index in [9.17, 15) is 9.59 Å². The number of aryl methyl sites for hydroxylation is 1. The first-order valence-electron chi connectivity index (χ1n) is 5.88. The Hall–Kier alpha value is -2.15. The van der Waals surface area contributed by atoms with Crippen LogP contribution in [0.15, 0.2) is 21.9 Å². The van der Waals surface area contributed by atoms with Gasteiger partial charge in [0.05, 0.1) is 0 Å². The first-order chi connectivity index (χ1) is 9.29. The number of aliphatic carboxylic acids is 1. The Morgan fingerprint density at radius 3 is 2.65 bits per heavy atom. The number of amides is 1. The van der Waals surface area contributed by atoms with Gasteiger partial charge in [-0.05, 0) is 32.9 Å². The zero-order valence-electron chi connectivity index (χ0n) is 11.3. The second kappa shape index (κ2) is 5.09. The first-order valence-corrected chi connectivity index (χ1v) is 6.76. The van der Waals surface area contributed by atoms with Crippen LogP contribution in [0.2, 0.25) is 0 Å². The third-order valence-corrected chi connectivity index (χ3v) is 3.51. The highest BCUT2D eigenvalue weighted by Crippen LogP contribution is 2.25. The normalized spacial score (nSPS) is 11.3. The van der Waals surface area contributed by atoms with Gasteiger partial charge in [-0.25, -0.2) is 9.78 Å². The number of hydrogen-bond donors (Lipinski definition) is 2. The highest BCUT2D eigenvalue weighted by atomic mass is 32.1. The quantitative estimate of drug-likeness (QED) is 0.902. The summed E-state index contributed by atoms with van der Waals surface area (Å²) in [6.45, 7) is 4.65. The second-order valence-corrected chi connectivity index (χ2v) is 5.69. The Balaban J connectivity index is 2.17. The van der Waals surface area contributed by atoms with Gasteiger partial charge < -0.3 is 14.8 Å². The Bertz CT molecular complexity index is 657. The SMILES string of the molecule is Cc1ccc(-c2nc(C(=O)NC(C)(C)C(=O)O)cs2)o1. The summed E-state index contributed by atoms with van der Waals surface area (Å²) in [6.07, 6.45) is 0. The van der Waals surface area contributed by atoms with Gasteiger partial charge in [-0.1, -0.05) is 0 Å². The van der Waals surface area contributed by atoms with Crippen molar-refractivity contribution in [3.05, 3.63) is 29.0 Å². The van der Waals surface area contributed by atoms with Crippen molar-refractivity contribution in [3.63, 3.8) is 0 Å². The molecule has 0 unspecified atom stereocenters. The number of carboxylic acids is 1. The predicted molar refractivity (Wildman–Crippen MR) is 73.7 cm³/mol. The van der Waals surface area contributed by atoms with Crippen LogP contribution in [0.3, 0.4) is 0 Å². The molecular formula is C13H14N2O4S. The molecule has 6 nitrogen and oxygen atoms in total. The molecule has 0 atom stereocenters. The Morgan fingerprint density at radius 2 is 2.10 bits per heavy atom. The van der Waals surface area contributed by atoms with Gasteiger partial charge >= 0.3 is 5.97 Å². The van der Waals surface area contributed by atoms with Gasteiger partial charge in [-0.2, -0.15) is 0 Å². The Morgan fingerprint density at radius 1 is 1.40 bits per heavy atom. The van der Waals surface area contributed by atoms with E-state index in [1.54, 1.807) is 11.4 Å². The van der Waals surface area contributed by atoms with Gasteiger partial charge in [0, 0.05) is 5.38 Å². The van der Waals surface area contributed by atoms with Crippen LogP contribution >= 0.6 is 11.3 Å². The van der Waals surface area contributed by atoms with Crippen LogP contribution < -0.4 is 5.32 Å². The molecule has 0 aromatic carbocycles. The summed E-state index contributed by atoms with van der Waals surface area (Å²) in [5.74, 6) is -0.289. The van der Waals surface area contributed by atoms with Crippen molar-refractivity contribution in [1.82, 2.24) is 10.3 Å².